The van der Waals surface area contributed by atoms with E-state index in [9.17, 15) is 4.79 Å². The molecule has 1 amide bonds. The molecule has 0 aliphatic heterocycles. The average Bonchev–Trinajstić information content (AvgIpc) is 2.91. The average molecular weight is 287 g/mol. The fourth-order valence-electron chi connectivity index (χ4n) is 1.85. The fourth-order valence-corrected chi connectivity index (χ4v) is 2.01. The Hall–Kier alpha value is -2.40. The first-order valence-electron chi connectivity index (χ1n) is 6.02. The number of halogens is 1. The molecule has 6 heteroatoms. The molecule has 0 saturated carbocycles. The molecule has 1 unspecified atom stereocenters. The molecular formula is C14H11ClN4O. The molecule has 0 aliphatic rings. The van der Waals surface area contributed by atoms with Gasteiger partial charge in [0.2, 0.25) is 5.91 Å². The van der Waals surface area contributed by atoms with E-state index >= 15 is 0 Å². The molecule has 0 aliphatic carbocycles. The van der Waals surface area contributed by atoms with Crippen LogP contribution in [0.5, 0.6) is 0 Å². The van der Waals surface area contributed by atoms with Gasteiger partial charge < -0.3 is 9.72 Å². The van der Waals surface area contributed by atoms with Crippen molar-refractivity contribution >= 4 is 28.8 Å². The number of amides is 1. The van der Waals surface area contributed by atoms with Gasteiger partial charge in [0.05, 0.1) is 17.6 Å². The van der Waals surface area contributed by atoms with Gasteiger partial charge >= 0.3 is 0 Å². The van der Waals surface area contributed by atoms with Crippen LogP contribution in [-0.4, -0.2) is 20.3 Å². The van der Waals surface area contributed by atoms with Crippen LogP contribution < -0.4 is 5.32 Å². The Morgan fingerprint density at radius 2 is 2.20 bits per heavy atom. The highest BCUT2D eigenvalue weighted by Crippen LogP contribution is 2.22. The van der Waals surface area contributed by atoms with E-state index in [4.69, 9.17) is 11.6 Å². The number of hydrogen-bond donors (Lipinski definition) is 1. The smallest absolute Gasteiger partial charge is 0.248 e. The van der Waals surface area contributed by atoms with Crippen LogP contribution in [0.3, 0.4) is 0 Å². The summed E-state index contributed by atoms with van der Waals surface area (Å²) in [5.41, 5.74) is 1.87. The molecule has 20 heavy (non-hydrogen) atoms. The van der Waals surface area contributed by atoms with Crippen LogP contribution in [-0.2, 0) is 4.79 Å². The standard InChI is InChI=1S/C14H11ClN4O/c15-13(14(20)17-10-4-3-6-16-8-10)11-9-19-7-2-1-5-12(19)18-11/h1-9,13H,(H,17,20). The Morgan fingerprint density at radius 3 is 2.95 bits per heavy atom. The Kier molecular flexibility index (Phi) is 3.35. The summed E-state index contributed by atoms with van der Waals surface area (Å²) in [4.78, 5) is 20.3. The normalized spacial score (nSPS) is 12.2. The highest BCUT2D eigenvalue weighted by Gasteiger charge is 2.20. The second kappa shape index (κ2) is 5.30. The lowest BCUT2D eigenvalue weighted by atomic mass is 10.3. The SMILES string of the molecule is O=C(Nc1cccnc1)C(Cl)c1cn2ccccc2n1. The molecule has 3 aromatic heterocycles. The molecule has 1 N–H and O–H groups in total. The Labute approximate surface area is 120 Å². The van der Waals surface area contributed by atoms with Gasteiger partial charge in [0, 0.05) is 18.6 Å². The van der Waals surface area contributed by atoms with Crippen LogP contribution in [0.25, 0.3) is 5.65 Å². The maximum absolute atomic E-state index is 12.1. The van der Waals surface area contributed by atoms with Crippen molar-refractivity contribution in [2.75, 3.05) is 5.32 Å². The topological polar surface area (TPSA) is 59.3 Å². The zero-order valence-corrected chi connectivity index (χ0v) is 11.2. The van der Waals surface area contributed by atoms with Crippen LogP contribution in [0.1, 0.15) is 11.1 Å². The Bertz CT molecular complexity index is 708. The molecule has 3 rings (SSSR count). The molecule has 0 spiro atoms. The van der Waals surface area contributed by atoms with E-state index in [-0.39, 0.29) is 5.91 Å². The Balaban J connectivity index is 1.81. The molecule has 0 saturated heterocycles. The molecule has 5 nitrogen and oxygen atoms in total. The summed E-state index contributed by atoms with van der Waals surface area (Å²) in [5, 5.41) is 1.85. The van der Waals surface area contributed by atoms with Gasteiger partial charge in [-0.1, -0.05) is 6.07 Å². The van der Waals surface area contributed by atoms with Gasteiger partial charge in [-0.25, -0.2) is 4.98 Å². The summed E-state index contributed by atoms with van der Waals surface area (Å²) in [6.45, 7) is 0. The van der Waals surface area contributed by atoms with Crippen LogP contribution in [0.4, 0.5) is 5.69 Å². The number of carbonyl (C=O) groups excluding carboxylic acids is 1. The third-order valence-electron chi connectivity index (χ3n) is 2.80. The number of nitrogens with zero attached hydrogens (tertiary/aromatic N) is 3. The molecule has 3 heterocycles. The predicted molar refractivity (Wildman–Crippen MR) is 76.7 cm³/mol. The summed E-state index contributed by atoms with van der Waals surface area (Å²) >= 11 is 6.17. The summed E-state index contributed by atoms with van der Waals surface area (Å²) in [6.07, 6.45) is 6.80. The summed E-state index contributed by atoms with van der Waals surface area (Å²) in [6, 6.07) is 9.11. The Morgan fingerprint density at radius 1 is 1.30 bits per heavy atom. The van der Waals surface area contributed by atoms with Crippen molar-refractivity contribution < 1.29 is 4.79 Å². The third kappa shape index (κ3) is 2.48. The monoisotopic (exact) mass is 286 g/mol. The molecule has 100 valence electrons. The highest BCUT2D eigenvalue weighted by atomic mass is 35.5. The van der Waals surface area contributed by atoms with Gasteiger partial charge in [-0.2, -0.15) is 0 Å². The number of imidazole rings is 1. The minimum atomic E-state index is -0.852. The van der Waals surface area contributed by atoms with E-state index in [0.29, 0.717) is 11.4 Å². The lowest BCUT2D eigenvalue weighted by Gasteiger charge is -2.07. The first-order valence-corrected chi connectivity index (χ1v) is 6.46. The molecular weight excluding hydrogens is 276 g/mol. The lowest BCUT2D eigenvalue weighted by Crippen LogP contribution is -2.17. The number of pyridine rings is 2. The molecule has 0 aromatic carbocycles. The van der Waals surface area contributed by atoms with Gasteiger partial charge in [0.1, 0.15) is 5.65 Å². The predicted octanol–water partition coefficient (Wildman–Crippen LogP) is 2.65. The maximum Gasteiger partial charge on any atom is 0.248 e. The molecule has 0 radical (unpaired) electrons. The molecule has 3 aromatic rings. The van der Waals surface area contributed by atoms with Crippen molar-refractivity contribution in [2.45, 2.75) is 5.38 Å². The lowest BCUT2D eigenvalue weighted by molar-refractivity contribution is -0.116. The number of fused-ring (bicyclic) bond motifs is 1. The second-order valence-electron chi connectivity index (χ2n) is 4.23. The number of nitrogens with one attached hydrogen (secondary N) is 1. The second-order valence-corrected chi connectivity index (χ2v) is 4.66. The summed E-state index contributed by atoms with van der Waals surface area (Å²) in [7, 11) is 0. The third-order valence-corrected chi connectivity index (χ3v) is 3.22. The molecule has 0 bridgehead atoms. The van der Waals surface area contributed by atoms with Gasteiger partial charge in [-0.15, -0.1) is 11.6 Å². The first-order chi connectivity index (χ1) is 9.74. The molecule has 1 atom stereocenters. The van der Waals surface area contributed by atoms with E-state index in [1.54, 1.807) is 30.7 Å². The highest BCUT2D eigenvalue weighted by molar-refractivity contribution is 6.32. The number of carbonyl (C=O) groups is 1. The number of rotatable bonds is 3. The van der Waals surface area contributed by atoms with Gasteiger partial charge in [0.25, 0.3) is 0 Å². The van der Waals surface area contributed by atoms with Crippen LogP contribution >= 0.6 is 11.6 Å². The number of anilines is 1. The summed E-state index contributed by atoms with van der Waals surface area (Å²) in [5.74, 6) is -0.330. The van der Waals surface area contributed by atoms with E-state index in [1.807, 2.05) is 28.8 Å². The maximum atomic E-state index is 12.1. The van der Waals surface area contributed by atoms with Crippen molar-refractivity contribution in [3.05, 3.63) is 60.8 Å². The summed E-state index contributed by atoms with van der Waals surface area (Å²) < 4.78 is 1.82. The fraction of sp³-hybridized carbons (Fsp3) is 0.0714. The van der Waals surface area contributed by atoms with Crippen molar-refractivity contribution in [3.63, 3.8) is 0 Å². The zero-order chi connectivity index (χ0) is 13.9. The van der Waals surface area contributed by atoms with Gasteiger partial charge in [-0.05, 0) is 24.3 Å². The van der Waals surface area contributed by atoms with E-state index in [2.05, 4.69) is 15.3 Å². The van der Waals surface area contributed by atoms with Crippen LogP contribution in [0, 0.1) is 0 Å². The van der Waals surface area contributed by atoms with Crippen molar-refractivity contribution in [3.8, 4) is 0 Å². The number of alkyl halides is 1. The minimum Gasteiger partial charge on any atom is -0.323 e. The number of hydrogen-bond acceptors (Lipinski definition) is 3. The van der Waals surface area contributed by atoms with E-state index in [1.165, 1.54) is 0 Å². The zero-order valence-electron chi connectivity index (χ0n) is 10.4. The van der Waals surface area contributed by atoms with Crippen LogP contribution in [0.15, 0.2) is 55.1 Å². The largest absolute Gasteiger partial charge is 0.323 e. The van der Waals surface area contributed by atoms with Gasteiger partial charge in [-0.3, -0.25) is 9.78 Å². The van der Waals surface area contributed by atoms with Crippen molar-refractivity contribution in [1.29, 1.82) is 0 Å². The number of aromatic nitrogens is 3. The minimum absolute atomic E-state index is 0.330. The van der Waals surface area contributed by atoms with Crippen molar-refractivity contribution in [2.24, 2.45) is 0 Å². The van der Waals surface area contributed by atoms with Crippen LogP contribution in [0.2, 0.25) is 0 Å². The quantitative estimate of drug-likeness (QED) is 0.753. The van der Waals surface area contributed by atoms with Crippen molar-refractivity contribution in [1.82, 2.24) is 14.4 Å². The van der Waals surface area contributed by atoms with Gasteiger partial charge in [0.15, 0.2) is 5.38 Å². The first kappa shape index (κ1) is 12.6. The van der Waals surface area contributed by atoms with E-state index in [0.717, 1.165) is 5.65 Å². The van der Waals surface area contributed by atoms with E-state index < -0.39 is 5.38 Å². The molecule has 0 fully saturated rings.